The molecule has 5 heteroatoms. The third-order valence-electron chi connectivity index (χ3n) is 5.02. The Morgan fingerprint density at radius 1 is 1.08 bits per heavy atom. The van der Waals surface area contributed by atoms with Gasteiger partial charge in [-0.05, 0) is 63.2 Å². The van der Waals surface area contributed by atoms with Crippen molar-refractivity contribution in [1.82, 2.24) is 4.90 Å². The van der Waals surface area contributed by atoms with Crippen LogP contribution < -0.4 is 10.2 Å². The largest absolute Gasteiger partial charge is 0.376 e. The van der Waals surface area contributed by atoms with E-state index in [9.17, 15) is 0 Å². The summed E-state index contributed by atoms with van der Waals surface area (Å²) in [5.74, 6) is 0. The number of halogens is 2. The molecule has 0 fully saturated rings. The summed E-state index contributed by atoms with van der Waals surface area (Å²) in [6.07, 6.45) is 3.52. The summed E-state index contributed by atoms with van der Waals surface area (Å²) in [6, 6.07) is 16.0. The zero-order valence-corrected chi connectivity index (χ0v) is 16.5. The third kappa shape index (κ3) is 3.74. The highest BCUT2D eigenvalue weighted by molar-refractivity contribution is 5.86. The van der Waals surface area contributed by atoms with Gasteiger partial charge in [-0.25, -0.2) is 0 Å². The van der Waals surface area contributed by atoms with Crippen LogP contribution in [-0.2, 0) is 6.42 Å². The molecule has 1 atom stereocenters. The highest BCUT2D eigenvalue weighted by Gasteiger charge is 2.31. The van der Waals surface area contributed by atoms with Gasteiger partial charge in [-0.1, -0.05) is 30.3 Å². The molecule has 25 heavy (non-hydrogen) atoms. The predicted molar refractivity (Wildman–Crippen MR) is 112 cm³/mol. The third-order valence-corrected chi connectivity index (χ3v) is 5.02. The van der Waals surface area contributed by atoms with Crippen molar-refractivity contribution in [2.75, 3.05) is 37.4 Å². The van der Waals surface area contributed by atoms with Gasteiger partial charge in [0.1, 0.15) is 0 Å². The van der Waals surface area contributed by atoms with Gasteiger partial charge in [-0.3, -0.25) is 0 Å². The molecule has 0 aromatic heterocycles. The van der Waals surface area contributed by atoms with Crippen LogP contribution >= 0.6 is 24.8 Å². The summed E-state index contributed by atoms with van der Waals surface area (Å²) in [4.78, 5) is 4.78. The number of hydrogen-bond donors (Lipinski definition) is 1. The Balaban J connectivity index is 0.00000113. The molecule has 0 radical (unpaired) electrons. The van der Waals surface area contributed by atoms with Crippen molar-refractivity contribution in [3.05, 3.63) is 53.6 Å². The number of fused-ring (bicyclic) bond motifs is 2. The van der Waals surface area contributed by atoms with E-state index in [1.807, 2.05) is 0 Å². The molecule has 0 amide bonds. The molecule has 1 N–H and O–H groups in total. The Morgan fingerprint density at radius 3 is 2.68 bits per heavy atom. The minimum absolute atomic E-state index is 0. The number of hydrogen-bond acceptors (Lipinski definition) is 3. The van der Waals surface area contributed by atoms with E-state index in [1.165, 1.54) is 34.6 Å². The lowest BCUT2D eigenvalue weighted by Crippen LogP contribution is -2.16. The second kappa shape index (κ2) is 8.31. The molecular formula is C20H27Cl2N3. The first-order valence-corrected chi connectivity index (χ1v) is 8.63. The zero-order valence-electron chi connectivity index (χ0n) is 14.9. The quantitative estimate of drug-likeness (QED) is 0.802. The molecule has 2 heterocycles. The van der Waals surface area contributed by atoms with Gasteiger partial charge in [0.2, 0.25) is 0 Å². The van der Waals surface area contributed by atoms with Crippen molar-refractivity contribution in [3.8, 4) is 0 Å². The van der Waals surface area contributed by atoms with Crippen LogP contribution in [0.1, 0.15) is 30.0 Å². The summed E-state index contributed by atoms with van der Waals surface area (Å²) in [6.45, 7) is 2.23. The van der Waals surface area contributed by atoms with Crippen LogP contribution in [0.2, 0.25) is 0 Å². The molecule has 0 saturated carbocycles. The Labute approximate surface area is 163 Å². The Morgan fingerprint density at radius 2 is 1.88 bits per heavy atom. The zero-order chi connectivity index (χ0) is 15.8. The number of benzene rings is 2. The van der Waals surface area contributed by atoms with Crippen LogP contribution in [0.15, 0.2) is 42.5 Å². The van der Waals surface area contributed by atoms with Gasteiger partial charge in [0.25, 0.3) is 0 Å². The smallest absolute Gasteiger partial charge is 0.0646 e. The number of nitrogens with zero attached hydrogens (tertiary/aromatic N) is 2. The lowest BCUT2D eigenvalue weighted by Gasteiger charge is -2.22. The fraction of sp³-hybridized carbons (Fsp3) is 0.400. The number of para-hydroxylation sites is 3. The summed E-state index contributed by atoms with van der Waals surface area (Å²) in [5.41, 5.74) is 7.02. The van der Waals surface area contributed by atoms with Crippen LogP contribution in [0.4, 0.5) is 17.1 Å². The molecule has 0 saturated heterocycles. The average Bonchev–Trinajstić information content (AvgIpc) is 2.92. The topological polar surface area (TPSA) is 18.5 Å². The Hall–Kier alpha value is -1.42. The van der Waals surface area contributed by atoms with E-state index in [4.69, 9.17) is 0 Å². The molecule has 1 unspecified atom stereocenters. The summed E-state index contributed by atoms with van der Waals surface area (Å²) >= 11 is 0. The average molecular weight is 380 g/mol. The summed E-state index contributed by atoms with van der Waals surface area (Å²) in [7, 11) is 4.30. The van der Waals surface area contributed by atoms with Gasteiger partial charge < -0.3 is 15.1 Å². The first kappa shape index (κ1) is 19.9. The van der Waals surface area contributed by atoms with E-state index in [0.29, 0.717) is 6.04 Å². The molecular weight excluding hydrogens is 353 g/mol. The van der Waals surface area contributed by atoms with Crippen molar-refractivity contribution in [3.63, 3.8) is 0 Å². The molecule has 2 aliphatic rings. The van der Waals surface area contributed by atoms with Crippen molar-refractivity contribution in [2.24, 2.45) is 0 Å². The number of anilines is 3. The highest BCUT2D eigenvalue weighted by Crippen LogP contribution is 2.47. The normalized spacial score (nSPS) is 16.9. The van der Waals surface area contributed by atoms with Crippen LogP contribution in [0.3, 0.4) is 0 Å². The Bertz CT molecular complexity index is 718. The standard InChI is InChI=1S/C20H25N3.2ClH/c1-22(2)13-6-10-17-16-8-5-7-15-12-14-23(20(15)16)19-11-4-3-9-18(19)21-17;;/h3-5,7-9,11,17,21H,6,10,12-14H2,1-2H3;2*1H. The first-order valence-electron chi connectivity index (χ1n) is 8.63. The minimum Gasteiger partial charge on any atom is -0.376 e. The second-order valence-electron chi connectivity index (χ2n) is 6.92. The van der Waals surface area contributed by atoms with E-state index in [2.05, 4.69) is 71.7 Å². The molecule has 2 aromatic rings. The van der Waals surface area contributed by atoms with Crippen molar-refractivity contribution in [1.29, 1.82) is 0 Å². The maximum atomic E-state index is 3.82. The lowest BCUT2D eigenvalue weighted by molar-refractivity contribution is 0.388. The van der Waals surface area contributed by atoms with Crippen molar-refractivity contribution in [2.45, 2.75) is 25.3 Å². The van der Waals surface area contributed by atoms with Crippen LogP contribution in [0.25, 0.3) is 0 Å². The van der Waals surface area contributed by atoms with Gasteiger partial charge in [-0.2, -0.15) is 0 Å². The maximum absolute atomic E-state index is 3.82. The molecule has 0 spiro atoms. The van der Waals surface area contributed by atoms with Gasteiger partial charge in [0.15, 0.2) is 0 Å². The molecule has 4 rings (SSSR count). The van der Waals surface area contributed by atoms with Crippen LogP contribution in [0, 0.1) is 0 Å². The Kier molecular flexibility index (Phi) is 6.61. The fourth-order valence-corrected chi connectivity index (χ4v) is 3.94. The van der Waals surface area contributed by atoms with Gasteiger partial charge in [-0.15, -0.1) is 24.8 Å². The fourth-order valence-electron chi connectivity index (χ4n) is 3.94. The van der Waals surface area contributed by atoms with E-state index in [1.54, 1.807) is 0 Å². The van der Waals surface area contributed by atoms with E-state index in [0.717, 1.165) is 25.9 Å². The van der Waals surface area contributed by atoms with Crippen LogP contribution in [0.5, 0.6) is 0 Å². The molecule has 3 nitrogen and oxygen atoms in total. The second-order valence-corrected chi connectivity index (χ2v) is 6.92. The predicted octanol–water partition coefficient (Wildman–Crippen LogP) is 5.03. The minimum atomic E-state index is 0. The summed E-state index contributed by atoms with van der Waals surface area (Å²) in [5, 5.41) is 3.82. The number of rotatable bonds is 4. The van der Waals surface area contributed by atoms with E-state index >= 15 is 0 Å². The maximum Gasteiger partial charge on any atom is 0.0646 e. The molecule has 2 aromatic carbocycles. The van der Waals surface area contributed by atoms with Crippen molar-refractivity contribution < 1.29 is 0 Å². The monoisotopic (exact) mass is 379 g/mol. The van der Waals surface area contributed by atoms with Gasteiger partial charge >= 0.3 is 0 Å². The first-order chi connectivity index (χ1) is 11.2. The SMILES string of the molecule is CN(C)CCCC1Nc2ccccc2N2CCc3cccc1c32.Cl.Cl. The molecule has 136 valence electrons. The highest BCUT2D eigenvalue weighted by atomic mass is 35.5. The van der Waals surface area contributed by atoms with Gasteiger partial charge in [0.05, 0.1) is 17.4 Å². The molecule has 0 aliphatic carbocycles. The van der Waals surface area contributed by atoms with Crippen LogP contribution in [-0.4, -0.2) is 32.1 Å². The molecule has 0 bridgehead atoms. The van der Waals surface area contributed by atoms with E-state index in [-0.39, 0.29) is 24.8 Å². The lowest BCUT2D eigenvalue weighted by atomic mass is 9.97. The van der Waals surface area contributed by atoms with Crippen molar-refractivity contribution >= 4 is 41.9 Å². The number of nitrogens with one attached hydrogen (secondary N) is 1. The van der Waals surface area contributed by atoms with Gasteiger partial charge in [0, 0.05) is 12.2 Å². The molecule has 2 aliphatic heterocycles. The summed E-state index contributed by atoms with van der Waals surface area (Å²) < 4.78 is 0. The van der Waals surface area contributed by atoms with E-state index < -0.39 is 0 Å².